The van der Waals surface area contributed by atoms with Gasteiger partial charge >= 0.3 is 0 Å². The highest BCUT2D eigenvalue weighted by Gasteiger charge is 2.23. The first-order valence-corrected chi connectivity index (χ1v) is 9.77. The lowest BCUT2D eigenvalue weighted by atomic mass is 10.2. The fourth-order valence-electron chi connectivity index (χ4n) is 2.90. The molecule has 3 rings (SSSR count). The lowest BCUT2D eigenvalue weighted by molar-refractivity contribution is -0.123. The summed E-state index contributed by atoms with van der Waals surface area (Å²) in [6, 6.07) is 14.0. The lowest BCUT2D eigenvalue weighted by Gasteiger charge is -2.16. The largest absolute Gasteiger partial charge is 0.495 e. The van der Waals surface area contributed by atoms with Gasteiger partial charge in [0.2, 0.25) is 11.8 Å². The van der Waals surface area contributed by atoms with Crippen molar-refractivity contribution in [1.29, 1.82) is 0 Å². The summed E-state index contributed by atoms with van der Waals surface area (Å²) in [6.45, 7) is 0.264. The average molecular weight is 410 g/mol. The van der Waals surface area contributed by atoms with E-state index in [1.807, 2.05) is 12.1 Å². The molecule has 0 unspecified atom stereocenters. The number of likely N-dealkylation sites (N-methyl/N-ethyl adjacent to an activating group) is 1. The van der Waals surface area contributed by atoms with E-state index in [4.69, 9.17) is 4.74 Å². The number of benzene rings is 2. The van der Waals surface area contributed by atoms with Crippen LogP contribution < -0.4 is 20.7 Å². The van der Waals surface area contributed by atoms with E-state index < -0.39 is 0 Å². The summed E-state index contributed by atoms with van der Waals surface area (Å²) >= 11 is 0. The number of rotatable bonds is 9. The minimum atomic E-state index is -0.279. The third-order valence-corrected chi connectivity index (χ3v) is 4.56. The zero-order valence-electron chi connectivity index (χ0n) is 17.1. The predicted molar refractivity (Wildman–Crippen MR) is 115 cm³/mol. The van der Waals surface area contributed by atoms with Crippen molar-refractivity contribution in [3.63, 3.8) is 0 Å². The van der Waals surface area contributed by atoms with Crippen LogP contribution in [0.4, 0.5) is 11.4 Å². The molecule has 3 amide bonds. The van der Waals surface area contributed by atoms with Crippen LogP contribution in [0.25, 0.3) is 0 Å². The quantitative estimate of drug-likeness (QED) is 0.588. The van der Waals surface area contributed by atoms with Crippen LogP contribution in [0.1, 0.15) is 23.2 Å². The molecular formula is C22H26N4O4. The number of ether oxygens (including phenoxy) is 1. The smallest absolute Gasteiger partial charge is 0.255 e. The third-order valence-electron chi connectivity index (χ3n) is 4.56. The Bertz CT molecular complexity index is 910. The highest BCUT2D eigenvalue weighted by molar-refractivity contribution is 6.05. The number of anilines is 2. The molecule has 1 aliphatic rings. The number of hydrogen-bond acceptors (Lipinski definition) is 5. The lowest BCUT2D eigenvalue weighted by Crippen LogP contribution is -2.39. The van der Waals surface area contributed by atoms with Gasteiger partial charge < -0.3 is 20.7 Å². The molecule has 0 heterocycles. The number of methoxy groups -OCH3 is 1. The van der Waals surface area contributed by atoms with Gasteiger partial charge in [-0.3, -0.25) is 19.3 Å². The van der Waals surface area contributed by atoms with Gasteiger partial charge in [0.1, 0.15) is 5.75 Å². The Morgan fingerprint density at radius 3 is 2.30 bits per heavy atom. The molecule has 2 aromatic carbocycles. The summed E-state index contributed by atoms with van der Waals surface area (Å²) in [5.74, 6) is -0.00962. The van der Waals surface area contributed by atoms with E-state index in [-0.39, 0.29) is 30.8 Å². The van der Waals surface area contributed by atoms with Gasteiger partial charge in [0, 0.05) is 17.3 Å². The summed E-state index contributed by atoms with van der Waals surface area (Å²) in [4.78, 5) is 38.1. The van der Waals surface area contributed by atoms with Gasteiger partial charge in [-0.1, -0.05) is 12.1 Å². The van der Waals surface area contributed by atoms with Gasteiger partial charge in [0.05, 0.1) is 25.9 Å². The minimum absolute atomic E-state index is 0.0711. The van der Waals surface area contributed by atoms with Crippen LogP contribution in [-0.4, -0.2) is 55.9 Å². The number of nitrogens with zero attached hydrogens (tertiary/aromatic N) is 1. The van der Waals surface area contributed by atoms with Crippen LogP contribution in [0.3, 0.4) is 0 Å². The van der Waals surface area contributed by atoms with Crippen molar-refractivity contribution < 1.29 is 19.1 Å². The third kappa shape index (κ3) is 6.31. The highest BCUT2D eigenvalue weighted by Crippen LogP contribution is 2.24. The predicted octanol–water partition coefficient (Wildman–Crippen LogP) is 2.10. The number of para-hydroxylation sites is 2. The summed E-state index contributed by atoms with van der Waals surface area (Å²) in [5.41, 5.74) is 1.61. The van der Waals surface area contributed by atoms with Crippen molar-refractivity contribution >= 4 is 29.1 Å². The molecule has 0 bridgehead atoms. The zero-order valence-corrected chi connectivity index (χ0v) is 17.1. The number of hydrogen-bond donors (Lipinski definition) is 3. The van der Waals surface area contributed by atoms with Crippen LogP contribution in [0.2, 0.25) is 0 Å². The zero-order chi connectivity index (χ0) is 21.5. The van der Waals surface area contributed by atoms with E-state index in [1.54, 1.807) is 55.5 Å². The molecule has 8 nitrogen and oxygen atoms in total. The molecule has 0 aliphatic heterocycles. The molecule has 3 N–H and O–H groups in total. The van der Waals surface area contributed by atoms with Gasteiger partial charge in [-0.05, 0) is 56.3 Å². The number of carbonyl (C=O) groups excluding carboxylic acids is 3. The molecule has 158 valence electrons. The first kappa shape index (κ1) is 21.3. The van der Waals surface area contributed by atoms with Crippen molar-refractivity contribution in [3.8, 4) is 5.75 Å². The molecule has 2 aromatic rings. The molecule has 1 aliphatic carbocycles. The van der Waals surface area contributed by atoms with Crippen LogP contribution in [0.15, 0.2) is 48.5 Å². The van der Waals surface area contributed by atoms with Crippen molar-refractivity contribution in [1.82, 2.24) is 10.2 Å². The number of nitrogens with one attached hydrogen (secondary N) is 3. The second kappa shape index (κ2) is 9.89. The molecule has 30 heavy (non-hydrogen) atoms. The minimum Gasteiger partial charge on any atom is -0.495 e. The van der Waals surface area contributed by atoms with E-state index in [0.717, 1.165) is 12.8 Å². The Morgan fingerprint density at radius 1 is 0.967 bits per heavy atom. The van der Waals surface area contributed by atoms with E-state index in [1.165, 1.54) is 0 Å². The maximum Gasteiger partial charge on any atom is 0.255 e. The van der Waals surface area contributed by atoms with Gasteiger partial charge in [-0.15, -0.1) is 0 Å². The summed E-state index contributed by atoms with van der Waals surface area (Å²) in [6.07, 6.45) is 2.06. The van der Waals surface area contributed by atoms with Crippen LogP contribution >= 0.6 is 0 Å². The molecule has 1 fully saturated rings. The topological polar surface area (TPSA) is 99.8 Å². The van der Waals surface area contributed by atoms with Crippen molar-refractivity contribution in [3.05, 3.63) is 54.1 Å². The summed E-state index contributed by atoms with van der Waals surface area (Å²) in [5, 5.41) is 8.46. The van der Waals surface area contributed by atoms with E-state index in [0.29, 0.717) is 28.7 Å². The fourth-order valence-corrected chi connectivity index (χ4v) is 2.90. The molecule has 1 saturated carbocycles. The molecule has 0 aromatic heterocycles. The van der Waals surface area contributed by atoms with Gasteiger partial charge in [0.15, 0.2) is 0 Å². The monoisotopic (exact) mass is 410 g/mol. The van der Waals surface area contributed by atoms with E-state index in [9.17, 15) is 14.4 Å². The molecule has 0 saturated heterocycles. The maximum atomic E-state index is 12.4. The average Bonchev–Trinajstić information content (AvgIpc) is 3.52. The Balaban J connectivity index is 1.49. The molecule has 0 radical (unpaired) electrons. The standard InChI is InChI=1S/C22H26N4O4/c1-26(14-21(28)24-17-11-12-17)13-20(27)23-16-9-7-15(8-10-16)22(29)25-18-5-3-4-6-19(18)30-2/h3-10,17H,11-14H2,1-2H3,(H,23,27)(H,24,28)(H,25,29). The Kier molecular flexibility index (Phi) is 7.03. The van der Waals surface area contributed by atoms with Crippen LogP contribution in [0, 0.1) is 0 Å². The molecular weight excluding hydrogens is 384 g/mol. The highest BCUT2D eigenvalue weighted by atomic mass is 16.5. The van der Waals surface area contributed by atoms with E-state index in [2.05, 4.69) is 16.0 Å². The Labute approximate surface area is 175 Å². The fraction of sp³-hybridized carbons (Fsp3) is 0.318. The van der Waals surface area contributed by atoms with Crippen LogP contribution in [-0.2, 0) is 9.59 Å². The maximum absolute atomic E-state index is 12.4. The summed E-state index contributed by atoms with van der Waals surface area (Å²) in [7, 11) is 3.26. The molecule has 8 heteroatoms. The van der Waals surface area contributed by atoms with Gasteiger partial charge in [-0.2, -0.15) is 0 Å². The van der Waals surface area contributed by atoms with Crippen LogP contribution in [0.5, 0.6) is 5.75 Å². The van der Waals surface area contributed by atoms with E-state index >= 15 is 0 Å². The second-order valence-corrected chi connectivity index (χ2v) is 7.29. The number of amides is 3. The summed E-state index contributed by atoms with van der Waals surface area (Å²) < 4.78 is 5.23. The molecule has 0 atom stereocenters. The number of carbonyl (C=O) groups is 3. The first-order chi connectivity index (χ1) is 14.4. The SMILES string of the molecule is COc1ccccc1NC(=O)c1ccc(NC(=O)CN(C)CC(=O)NC2CC2)cc1. The normalized spacial score (nSPS) is 12.9. The van der Waals surface area contributed by atoms with Crippen molar-refractivity contribution in [2.75, 3.05) is 37.9 Å². The van der Waals surface area contributed by atoms with Gasteiger partial charge in [-0.25, -0.2) is 0 Å². The Hall–Kier alpha value is -3.39. The second-order valence-electron chi connectivity index (χ2n) is 7.29. The first-order valence-electron chi connectivity index (χ1n) is 9.77. The Morgan fingerprint density at radius 2 is 1.63 bits per heavy atom. The van der Waals surface area contributed by atoms with Crippen molar-refractivity contribution in [2.24, 2.45) is 0 Å². The molecule has 0 spiro atoms. The van der Waals surface area contributed by atoms with Crippen molar-refractivity contribution in [2.45, 2.75) is 18.9 Å². The van der Waals surface area contributed by atoms with Gasteiger partial charge in [0.25, 0.3) is 5.91 Å².